The van der Waals surface area contributed by atoms with E-state index in [1.807, 2.05) is 12.1 Å². The molecular weight excluding hydrogens is 259 g/mol. The molecule has 1 aliphatic carbocycles. The lowest BCUT2D eigenvalue weighted by Gasteiger charge is -2.07. The first kappa shape index (κ1) is 14.3. The number of para-hydroxylation sites is 1. The van der Waals surface area contributed by atoms with Crippen molar-refractivity contribution in [3.63, 3.8) is 0 Å². The zero-order valence-corrected chi connectivity index (χ0v) is 11.0. The Morgan fingerprint density at radius 3 is 2.71 bits per heavy atom. The lowest BCUT2D eigenvalue weighted by atomic mass is 10.3. The normalized spacial score (nSPS) is 13.9. The van der Waals surface area contributed by atoms with E-state index in [1.54, 1.807) is 12.1 Å². The van der Waals surface area contributed by atoms with Crippen LogP contribution >= 0.6 is 24.0 Å². The summed E-state index contributed by atoms with van der Waals surface area (Å²) in [5.41, 5.74) is 0.669. The van der Waals surface area contributed by atoms with E-state index >= 15 is 0 Å². The van der Waals surface area contributed by atoms with Crippen LogP contribution in [-0.2, 0) is 4.79 Å². The van der Waals surface area contributed by atoms with E-state index in [1.165, 1.54) is 12.8 Å². The molecule has 0 atom stereocenters. The quantitative estimate of drug-likeness (QED) is 0.867. The summed E-state index contributed by atoms with van der Waals surface area (Å²) in [6, 6.07) is 7.23. The van der Waals surface area contributed by atoms with Gasteiger partial charge < -0.3 is 10.6 Å². The summed E-state index contributed by atoms with van der Waals surface area (Å²) in [5, 5.41) is 6.47. The van der Waals surface area contributed by atoms with Gasteiger partial charge in [0.25, 0.3) is 0 Å². The maximum absolute atomic E-state index is 11.5. The summed E-state index contributed by atoms with van der Waals surface area (Å²) >= 11 is 5.93. The van der Waals surface area contributed by atoms with Gasteiger partial charge in [-0.2, -0.15) is 0 Å². The SMILES string of the molecule is Cl.O=C(CNCC1CC1)Nc1ccccc1Cl. The number of hydrogen-bond donors (Lipinski definition) is 2. The van der Waals surface area contributed by atoms with Crippen molar-refractivity contribution < 1.29 is 4.79 Å². The second-order valence-electron chi connectivity index (χ2n) is 4.10. The van der Waals surface area contributed by atoms with Crippen molar-refractivity contribution in [1.29, 1.82) is 0 Å². The third-order valence-electron chi connectivity index (χ3n) is 2.56. The molecule has 17 heavy (non-hydrogen) atoms. The molecule has 94 valence electrons. The van der Waals surface area contributed by atoms with Crippen LogP contribution in [0, 0.1) is 5.92 Å². The first-order valence-corrected chi connectivity index (χ1v) is 5.88. The van der Waals surface area contributed by atoms with Crippen molar-refractivity contribution in [2.75, 3.05) is 18.4 Å². The Bertz CT molecular complexity index is 381. The van der Waals surface area contributed by atoms with Crippen LogP contribution in [0.1, 0.15) is 12.8 Å². The lowest BCUT2D eigenvalue weighted by molar-refractivity contribution is -0.115. The molecule has 0 bridgehead atoms. The molecule has 0 aromatic heterocycles. The summed E-state index contributed by atoms with van der Waals surface area (Å²) < 4.78 is 0. The standard InChI is InChI=1S/C12H15ClN2O.ClH/c13-10-3-1-2-4-11(10)15-12(16)8-14-7-9-5-6-9;/h1-4,9,14H,5-8H2,(H,15,16);1H. The Kier molecular flexibility index (Phi) is 5.75. The molecule has 1 aliphatic rings. The molecule has 3 nitrogen and oxygen atoms in total. The van der Waals surface area contributed by atoms with Gasteiger partial charge in [-0.25, -0.2) is 0 Å². The number of nitrogens with one attached hydrogen (secondary N) is 2. The molecule has 0 unspecified atom stereocenters. The number of carbonyl (C=O) groups is 1. The van der Waals surface area contributed by atoms with Gasteiger partial charge in [-0.1, -0.05) is 23.7 Å². The smallest absolute Gasteiger partial charge is 0.238 e. The number of rotatable bonds is 5. The van der Waals surface area contributed by atoms with Gasteiger partial charge in [0.15, 0.2) is 0 Å². The zero-order valence-electron chi connectivity index (χ0n) is 9.41. The highest BCUT2D eigenvalue weighted by Crippen LogP contribution is 2.27. The lowest BCUT2D eigenvalue weighted by Crippen LogP contribution is -2.29. The van der Waals surface area contributed by atoms with Crippen molar-refractivity contribution in [2.45, 2.75) is 12.8 Å². The van der Waals surface area contributed by atoms with Gasteiger partial charge in [0.1, 0.15) is 0 Å². The largest absolute Gasteiger partial charge is 0.324 e. The summed E-state index contributed by atoms with van der Waals surface area (Å²) in [6.07, 6.45) is 2.58. The van der Waals surface area contributed by atoms with Gasteiger partial charge in [-0.05, 0) is 37.4 Å². The van der Waals surface area contributed by atoms with Gasteiger partial charge in [-0.3, -0.25) is 4.79 Å². The summed E-state index contributed by atoms with van der Waals surface area (Å²) in [4.78, 5) is 11.5. The van der Waals surface area contributed by atoms with E-state index in [4.69, 9.17) is 11.6 Å². The van der Waals surface area contributed by atoms with Crippen molar-refractivity contribution in [2.24, 2.45) is 5.92 Å². The van der Waals surface area contributed by atoms with Gasteiger partial charge in [0, 0.05) is 0 Å². The van der Waals surface area contributed by atoms with E-state index in [-0.39, 0.29) is 18.3 Å². The van der Waals surface area contributed by atoms with Crippen molar-refractivity contribution in [3.8, 4) is 0 Å². The molecule has 2 N–H and O–H groups in total. The van der Waals surface area contributed by atoms with E-state index in [2.05, 4.69) is 10.6 Å². The van der Waals surface area contributed by atoms with Crippen molar-refractivity contribution in [3.05, 3.63) is 29.3 Å². The number of hydrogen-bond acceptors (Lipinski definition) is 2. The fourth-order valence-electron chi connectivity index (χ4n) is 1.47. The predicted octanol–water partition coefficient (Wildman–Crippen LogP) is 2.70. The summed E-state index contributed by atoms with van der Waals surface area (Å²) in [6.45, 7) is 1.29. The van der Waals surface area contributed by atoms with Crippen LogP contribution in [0.4, 0.5) is 5.69 Å². The van der Waals surface area contributed by atoms with Crippen LogP contribution in [0.2, 0.25) is 5.02 Å². The van der Waals surface area contributed by atoms with Gasteiger partial charge in [0.2, 0.25) is 5.91 Å². The van der Waals surface area contributed by atoms with Gasteiger partial charge in [0.05, 0.1) is 17.3 Å². The first-order valence-electron chi connectivity index (χ1n) is 5.51. The number of amides is 1. The van der Waals surface area contributed by atoms with Crippen LogP contribution in [0.15, 0.2) is 24.3 Å². The Morgan fingerprint density at radius 2 is 2.06 bits per heavy atom. The second-order valence-corrected chi connectivity index (χ2v) is 4.51. The zero-order chi connectivity index (χ0) is 11.4. The Morgan fingerprint density at radius 1 is 1.35 bits per heavy atom. The Labute approximate surface area is 112 Å². The summed E-state index contributed by atoms with van der Waals surface area (Å²) in [7, 11) is 0. The van der Waals surface area contributed by atoms with Crippen molar-refractivity contribution in [1.82, 2.24) is 5.32 Å². The fraction of sp³-hybridized carbons (Fsp3) is 0.417. The van der Waals surface area contributed by atoms with Crippen LogP contribution in [0.3, 0.4) is 0 Å². The van der Waals surface area contributed by atoms with Gasteiger partial charge >= 0.3 is 0 Å². The average Bonchev–Trinajstić information content (AvgIpc) is 3.05. The number of anilines is 1. The predicted molar refractivity (Wildman–Crippen MR) is 72.9 cm³/mol. The van der Waals surface area contributed by atoms with E-state index in [0.29, 0.717) is 17.3 Å². The molecule has 0 spiro atoms. The molecule has 0 saturated heterocycles. The average molecular weight is 275 g/mol. The third-order valence-corrected chi connectivity index (χ3v) is 2.89. The van der Waals surface area contributed by atoms with E-state index < -0.39 is 0 Å². The molecular formula is C12H16Cl2N2O. The molecule has 1 aromatic rings. The highest BCUT2D eigenvalue weighted by atomic mass is 35.5. The number of benzene rings is 1. The van der Waals surface area contributed by atoms with E-state index in [9.17, 15) is 4.79 Å². The van der Waals surface area contributed by atoms with Crippen LogP contribution in [0.5, 0.6) is 0 Å². The maximum atomic E-state index is 11.5. The molecule has 5 heteroatoms. The Balaban J connectivity index is 0.00000144. The molecule has 1 fully saturated rings. The van der Waals surface area contributed by atoms with Crippen LogP contribution in [0.25, 0.3) is 0 Å². The molecule has 1 amide bonds. The maximum Gasteiger partial charge on any atom is 0.238 e. The topological polar surface area (TPSA) is 41.1 Å². The molecule has 0 radical (unpaired) electrons. The third kappa shape index (κ3) is 4.94. The van der Waals surface area contributed by atoms with Gasteiger partial charge in [-0.15, -0.1) is 12.4 Å². The monoisotopic (exact) mass is 274 g/mol. The minimum atomic E-state index is -0.0475. The second kappa shape index (κ2) is 6.84. The highest BCUT2D eigenvalue weighted by molar-refractivity contribution is 6.33. The van der Waals surface area contributed by atoms with Crippen LogP contribution in [-0.4, -0.2) is 19.0 Å². The molecule has 2 rings (SSSR count). The summed E-state index contributed by atoms with van der Waals surface area (Å²) in [5.74, 6) is 0.738. The highest BCUT2D eigenvalue weighted by Gasteiger charge is 2.20. The molecule has 0 aliphatic heterocycles. The Hall–Kier alpha value is -0.770. The minimum Gasteiger partial charge on any atom is -0.324 e. The van der Waals surface area contributed by atoms with Crippen LogP contribution < -0.4 is 10.6 Å². The molecule has 0 heterocycles. The number of carbonyl (C=O) groups excluding carboxylic acids is 1. The molecule has 1 aromatic carbocycles. The van der Waals surface area contributed by atoms with Crippen molar-refractivity contribution >= 4 is 35.6 Å². The minimum absolute atomic E-state index is 0. The number of halogens is 2. The van der Waals surface area contributed by atoms with E-state index in [0.717, 1.165) is 12.5 Å². The fourth-order valence-corrected chi connectivity index (χ4v) is 1.65. The first-order chi connectivity index (χ1) is 7.75. The molecule has 1 saturated carbocycles.